The second-order valence-corrected chi connectivity index (χ2v) is 4.93. The summed E-state index contributed by atoms with van der Waals surface area (Å²) in [6, 6.07) is 0. The second kappa shape index (κ2) is 4.08. The first-order valence-corrected chi connectivity index (χ1v) is 6.16. The molecule has 1 unspecified atom stereocenters. The number of aryl methyl sites for hydroxylation is 2. The summed E-state index contributed by atoms with van der Waals surface area (Å²) in [5, 5.41) is 3.22. The number of nitrogens with one attached hydrogen (secondary N) is 1. The predicted octanol–water partition coefficient (Wildman–Crippen LogP) is 0.653. The maximum Gasteiger partial charge on any atom is 0.257 e. The zero-order valence-electron chi connectivity index (χ0n) is 10.6. The molecule has 3 rings (SSSR count). The van der Waals surface area contributed by atoms with E-state index >= 15 is 0 Å². The number of hydrogen-bond donors (Lipinski definition) is 1. The third-order valence-corrected chi connectivity index (χ3v) is 3.72. The van der Waals surface area contributed by atoms with Crippen LogP contribution in [0, 0.1) is 19.8 Å². The lowest BCUT2D eigenvalue weighted by atomic mass is 10.1. The molecule has 1 aromatic rings. The average molecular weight is 244 g/mol. The number of carbonyl (C=O) groups excluding carboxylic acids is 1. The Labute approximate surface area is 106 Å². The lowest BCUT2D eigenvalue weighted by Gasteiger charge is -2.18. The van der Waals surface area contributed by atoms with Crippen LogP contribution in [-0.4, -0.2) is 40.4 Å². The zero-order valence-corrected chi connectivity index (χ0v) is 10.6. The molecule has 1 aromatic heterocycles. The highest BCUT2D eigenvalue weighted by Crippen LogP contribution is 2.27. The zero-order chi connectivity index (χ0) is 12.7. The first-order chi connectivity index (χ1) is 8.66. The standard InChI is InChI=1S/C13H16N4O/c1-8-12(9(2)16-7-15-8)13(18)17-5-10-3-14-4-11(10)6-17/h3,7,11,14H,4-6H2,1-2H3. The van der Waals surface area contributed by atoms with Crippen molar-refractivity contribution in [3.05, 3.63) is 35.1 Å². The molecule has 1 fully saturated rings. The summed E-state index contributed by atoms with van der Waals surface area (Å²) in [5.74, 6) is 0.542. The molecule has 18 heavy (non-hydrogen) atoms. The number of rotatable bonds is 1. The summed E-state index contributed by atoms with van der Waals surface area (Å²) in [6.45, 7) is 6.19. The molecule has 0 radical (unpaired) electrons. The fourth-order valence-electron chi connectivity index (χ4n) is 2.70. The van der Waals surface area contributed by atoms with Gasteiger partial charge in [0.2, 0.25) is 0 Å². The fraction of sp³-hybridized carbons (Fsp3) is 0.462. The molecule has 1 saturated heterocycles. The van der Waals surface area contributed by atoms with Crippen molar-refractivity contribution in [2.45, 2.75) is 13.8 Å². The number of nitrogens with zero attached hydrogens (tertiary/aromatic N) is 3. The average Bonchev–Trinajstić information content (AvgIpc) is 2.88. The fourth-order valence-corrected chi connectivity index (χ4v) is 2.70. The molecule has 2 aliphatic heterocycles. The van der Waals surface area contributed by atoms with Crippen molar-refractivity contribution >= 4 is 5.91 Å². The molecule has 1 atom stereocenters. The van der Waals surface area contributed by atoms with Crippen molar-refractivity contribution in [3.63, 3.8) is 0 Å². The maximum absolute atomic E-state index is 12.5. The Morgan fingerprint density at radius 2 is 2.11 bits per heavy atom. The Morgan fingerprint density at radius 3 is 2.78 bits per heavy atom. The minimum absolute atomic E-state index is 0.0564. The molecule has 1 amide bonds. The molecule has 1 N–H and O–H groups in total. The lowest BCUT2D eigenvalue weighted by molar-refractivity contribution is 0.0786. The maximum atomic E-state index is 12.5. The van der Waals surface area contributed by atoms with Crippen molar-refractivity contribution < 1.29 is 4.79 Å². The van der Waals surface area contributed by atoms with Gasteiger partial charge in [-0.3, -0.25) is 4.79 Å². The first-order valence-electron chi connectivity index (χ1n) is 6.16. The van der Waals surface area contributed by atoms with Gasteiger partial charge in [0.1, 0.15) is 6.33 Å². The van der Waals surface area contributed by atoms with Crippen molar-refractivity contribution in [2.24, 2.45) is 5.92 Å². The van der Waals surface area contributed by atoms with Gasteiger partial charge in [-0.1, -0.05) is 0 Å². The van der Waals surface area contributed by atoms with Gasteiger partial charge in [-0.05, 0) is 25.6 Å². The molecule has 0 bridgehead atoms. The number of carbonyl (C=O) groups is 1. The van der Waals surface area contributed by atoms with Gasteiger partial charge in [-0.15, -0.1) is 0 Å². The van der Waals surface area contributed by atoms with E-state index in [0.29, 0.717) is 11.5 Å². The highest BCUT2D eigenvalue weighted by molar-refractivity contribution is 5.96. The van der Waals surface area contributed by atoms with Gasteiger partial charge in [0, 0.05) is 25.6 Å². The quantitative estimate of drug-likeness (QED) is 0.788. The molecule has 3 heterocycles. The molecular weight excluding hydrogens is 228 g/mol. The first kappa shape index (κ1) is 11.2. The largest absolute Gasteiger partial charge is 0.390 e. The van der Waals surface area contributed by atoms with Crippen LogP contribution in [0.1, 0.15) is 21.7 Å². The molecule has 5 nitrogen and oxygen atoms in total. The number of likely N-dealkylation sites (tertiary alicyclic amines) is 1. The van der Waals surface area contributed by atoms with Gasteiger partial charge in [-0.2, -0.15) is 0 Å². The van der Waals surface area contributed by atoms with Crippen LogP contribution in [0.15, 0.2) is 18.1 Å². The molecule has 2 aliphatic rings. The number of fused-ring (bicyclic) bond motifs is 1. The van der Waals surface area contributed by atoms with Crippen molar-refractivity contribution in [1.82, 2.24) is 20.2 Å². The van der Waals surface area contributed by atoms with Crippen LogP contribution >= 0.6 is 0 Å². The van der Waals surface area contributed by atoms with Crippen LogP contribution in [0.3, 0.4) is 0 Å². The molecule has 5 heteroatoms. The lowest BCUT2D eigenvalue weighted by Crippen LogP contribution is -2.31. The van der Waals surface area contributed by atoms with E-state index in [-0.39, 0.29) is 5.91 Å². The van der Waals surface area contributed by atoms with E-state index < -0.39 is 0 Å². The van der Waals surface area contributed by atoms with Gasteiger partial charge >= 0.3 is 0 Å². The third kappa shape index (κ3) is 1.66. The van der Waals surface area contributed by atoms with Gasteiger partial charge in [0.05, 0.1) is 17.0 Å². The van der Waals surface area contributed by atoms with E-state index in [1.807, 2.05) is 24.9 Å². The predicted molar refractivity (Wildman–Crippen MR) is 67.0 cm³/mol. The Hall–Kier alpha value is -1.91. The van der Waals surface area contributed by atoms with Crippen LogP contribution in [0.5, 0.6) is 0 Å². The third-order valence-electron chi connectivity index (χ3n) is 3.72. The summed E-state index contributed by atoms with van der Waals surface area (Å²) < 4.78 is 0. The summed E-state index contributed by atoms with van der Waals surface area (Å²) >= 11 is 0. The SMILES string of the molecule is Cc1ncnc(C)c1C(=O)N1CC2=CNCC2C1. The molecular formula is C13H16N4O. The van der Waals surface area contributed by atoms with Gasteiger partial charge < -0.3 is 10.2 Å². The molecule has 0 saturated carbocycles. The second-order valence-electron chi connectivity index (χ2n) is 4.93. The van der Waals surface area contributed by atoms with E-state index in [4.69, 9.17) is 0 Å². The molecule has 94 valence electrons. The van der Waals surface area contributed by atoms with Gasteiger partial charge in [0.25, 0.3) is 5.91 Å². The topological polar surface area (TPSA) is 58.1 Å². The van der Waals surface area contributed by atoms with Crippen LogP contribution in [0.25, 0.3) is 0 Å². The van der Waals surface area contributed by atoms with Gasteiger partial charge in [0.15, 0.2) is 0 Å². The Bertz CT molecular complexity index is 518. The Kier molecular flexibility index (Phi) is 2.54. The van der Waals surface area contributed by atoms with Crippen LogP contribution in [0.2, 0.25) is 0 Å². The highest BCUT2D eigenvalue weighted by Gasteiger charge is 2.34. The minimum atomic E-state index is 0.0564. The molecule has 0 aliphatic carbocycles. The van der Waals surface area contributed by atoms with E-state index in [0.717, 1.165) is 31.0 Å². The van der Waals surface area contributed by atoms with Crippen LogP contribution < -0.4 is 5.32 Å². The number of hydrogen-bond acceptors (Lipinski definition) is 4. The summed E-state index contributed by atoms with van der Waals surface area (Å²) in [7, 11) is 0. The Morgan fingerprint density at radius 1 is 1.39 bits per heavy atom. The monoisotopic (exact) mass is 244 g/mol. The summed E-state index contributed by atoms with van der Waals surface area (Å²) in [5.41, 5.74) is 3.51. The summed E-state index contributed by atoms with van der Waals surface area (Å²) in [6.07, 6.45) is 3.55. The Balaban J connectivity index is 1.88. The van der Waals surface area contributed by atoms with Crippen LogP contribution in [0.4, 0.5) is 0 Å². The normalized spacial score (nSPS) is 21.6. The van der Waals surface area contributed by atoms with Crippen molar-refractivity contribution in [3.8, 4) is 0 Å². The van der Waals surface area contributed by atoms with E-state index in [2.05, 4.69) is 15.3 Å². The number of aromatic nitrogens is 2. The smallest absolute Gasteiger partial charge is 0.257 e. The van der Waals surface area contributed by atoms with E-state index in [1.54, 1.807) is 0 Å². The van der Waals surface area contributed by atoms with Crippen LogP contribution in [-0.2, 0) is 0 Å². The minimum Gasteiger partial charge on any atom is -0.390 e. The van der Waals surface area contributed by atoms with Crippen molar-refractivity contribution in [1.29, 1.82) is 0 Å². The number of amides is 1. The van der Waals surface area contributed by atoms with Gasteiger partial charge in [-0.25, -0.2) is 9.97 Å². The highest BCUT2D eigenvalue weighted by atomic mass is 16.2. The van der Waals surface area contributed by atoms with Crippen molar-refractivity contribution in [2.75, 3.05) is 19.6 Å². The summed E-state index contributed by atoms with van der Waals surface area (Å²) in [4.78, 5) is 22.7. The molecule has 0 spiro atoms. The molecule has 0 aromatic carbocycles. The van der Waals surface area contributed by atoms with E-state index in [9.17, 15) is 4.79 Å². The van der Waals surface area contributed by atoms with E-state index in [1.165, 1.54) is 11.9 Å².